The molecule has 0 atom stereocenters. The second-order valence-corrected chi connectivity index (χ2v) is 8.37. The molecule has 1 fully saturated rings. The van der Waals surface area contributed by atoms with Crippen molar-refractivity contribution in [3.8, 4) is 0 Å². The van der Waals surface area contributed by atoms with Gasteiger partial charge in [-0.25, -0.2) is 4.79 Å². The molecule has 30 heavy (non-hydrogen) atoms. The Kier molecular flexibility index (Phi) is 6.23. The van der Waals surface area contributed by atoms with Crippen LogP contribution in [0.3, 0.4) is 0 Å². The Morgan fingerprint density at radius 2 is 1.87 bits per heavy atom. The number of nitrogens with two attached hydrogens (primary N) is 1. The van der Waals surface area contributed by atoms with Gasteiger partial charge < -0.3 is 25.1 Å². The standard InChI is InChI=1S/C21H29BN4O4/c1-14-17(18(23)26-25-14)11-16(22-29-20(2,3)21(4,5)30-22)12-24-19(27)28-13-15-9-7-6-8-10-15/h6-11H,12-13H2,1-5H3,(H,24,27)(H3,23,25,26). The van der Waals surface area contributed by atoms with Gasteiger partial charge in [-0.1, -0.05) is 36.4 Å². The first kappa shape index (κ1) is 21.9. The number of amides is 1. The molecule has 1 saturated heterocycles. The largest absolute Gasteiger partial charge is 0.492 e. The zero-order chi connectivity index (χ0) is 21.9. The van der Waals surface area contributed by atoms with E-state index in [9.17, 15) is 4.79 Å². The minimum atomic E-state index is -0.641. The molecule has 4 N–H and O–H groups in total. The monoisotopic (exact) mass is 412 g/mol. The van der Waals surface area contributed by atoms with Gasteiger partial charge in [0.05, 0.1) is 11.2 Å². The van der Waals surface area contributed by atoms with Crippen LogP contribution in [0.1, 0.15) is 44.5 Å². The second-order valence-electron chi connectivity index (χ2n) is 8.37. The third kappa shape index (κ3) is 4.85. The summed E-state index contributed by atoms with van der Waals surface area (Å²) < 4.78 is 17.6. The predicted octanol–water partition coefficient (Wildman–Crippen LogP) is 3.24. The first-order chi connectivity index (χ1) is 14.1. The number of nitrogens with zero attached hydrogens (tertiary/aromatic N) is 1. The van der Waals surface area contributed by atoms with E-state index in [0.717, 1.165) is 16.8 Å². The first-order valence-electron chi connectivity index (χ1n) is 9.90. The Morgan fingerprint density at radius 1 is 1.23 bits per heavy atom. The van der Waals surface area contributed by atoms with Crippen molar-refractivity contribution in [3.05, 3.63) is 52.6 Å². The van der Waals surface area contributed by atoms with E-state index in [1.165, 1.54) is 0 Å². The summed E-state index contributed by atoms with van der Waals surface area (Å²) in [6, 6.07) is 9.50. The van der Waals surface area contributed by atoms with Crippen LogP contribution in [-0.4, -0.2) is 41.2 Å². The highest BCUT2D eigenvalue weighted by atomic mass is 16.7. The highest BCUT2D eigenvalue weighted by Gasteiger charge is 2.52. The lowest BCUT2D eigenvalue weighted by Gasteiger charge is -2.32. The van der Waals surface area contributed by atoms with Crippen LogP contribution in [-0.2, 0) is 20.7 Å². The normalized spacial score (nSPS) is 17.8. The molecule has 0 radical (unpaired) electrons. The number of rotatable bonds is 6. The van der Waals surface area contributed by atoms with Crippen LogP contribution < -0.4 is 11.1 Å². The van der Waals surface area contributed by atoms with E-state index in [4.69, 9.17) is 19.8 Å². The van der Waals surface area contributed by atoms with Gasteiger partial charge in [0.25, 0.3) is 0 Å². The van der Waals surface area contributed by atoms with Gasteiger partial charge in [0.2, 0.25) is 0 Å². The van der Waals surface area contributed by atoms with Crippen molar-refractivity contribution >= 4 is 25.1 Å². The molecule has 3 rings (SSSR count). The maximum Gasteiger partial charge on any atom is 0.492 e. The summed E-state index contributed by atoms with van der Waals surface area (Å²) in [5, 5.41) is 9.66. The zero-order valence-electron chi connectivity index (χ0n) is 18.1. The highest BCUT2D eigenvalue weighted by Crippen LogP contribution is 2.39. The summed E-state index contributed by atoms with van der Waals surface area (Å²) in [5.41, 5.74) is 8.13. The zero-order valence-corrected chi connectivity index (χ0v) is 18.1. The minimum absolute atomic E-state index is 0.175. The quantitative estimate of drug-likeness (QED) is 0.628. The van der Waals surface area contributed by atoms with Crippen molar-refractivity contribution in [2.75, 3.05) is 12.3 Å². The summed E-state index contributed by atoms with van der Waals surface area (Å²) in [7, 11) is -0.641. The molecule has 2 heterocycles. The predicted molar refractivity (Wildman–Crippen MR) is 116 cm³/mol. The van der Waals surface area contributed by atoms with Gasteiger partial charge in [0.1, 0.15) is 6.61 Å². The van der Waals surface area contributed by atoms with E-state index in [-0.39, 0.29) is 13.2 Å². The van der Waals surface area contributed by atoms with Crippen LogP contribution in [0.2, 0.25) is 0 Å². The molecule has 1 aliphatic rings. The van der Waals surface area contributed by atoms with Crippen molar-refractivity contribution in [1.29, 1.82) is 0 Å². The lowest BCUT2D eigenvalue weighted by atomic mass is 9.77. The van der Waals surface area contributed by atoms with E-state index in [1.54, 1.807) is 0 Å². The van der Waals surface area contributed by atoms with E-state index in [0.29, 0.717) is 11.3 Å². The molecule has 0 bridgehead atoms. The van der Waals surface area contributed by atoms with Gasteiger partial charge in [-0.05, 0) is 45.7 Å². The fourth-order valence-corrected chi connectivity index (χ4v) is 2.97. The second kappa shape index (κ2) is 8.53. The van der Waals surface area contributed by atoms with Crippen LogP contribution in [0, 0.1) is 6.92 Å². The molecule has 0 saturated carbocycles. The maximum atomic E-state index is 12.2. The molecule has 1 aromatic carbocycles. The Hall–Kier alpha value is -2.78. The van der Waals surface area contributed by atoms with Crippen LogP contribution in [0.4, 0.5) is 10.6 Å². The smallest absolute Gasteiger partial charge is 0.445 e. The molecule has 8 nitrogen and oxygen atoms in total. The molecule has 9 heteroatoms. The lowest BCUT2D eigenvalue weighted by molar-refractivity contribution is 0.00578. The summed E-state index contributed by atoms with van der Waals surface area (Å²) in [5.74, 6) is 0.369. The Bertz CT molecular complexity index is 889. The number of hydrogen-bond donors (Lipinski definition) is 3. The number of aromatic nitrogens is 2. The number of alkyl carbamates (subject to hydrolysis) is 1. The summed E-state index contributed by atoms with van der Waals surface area (Å²) in [4.78, 5) is 12.2. The van der Waals surface area contributed by atoms with E-state index in [1.807, 2.05) is 71.0 Å². The molecule has 160 valence electrons. The third-order valence-corrected chi connectivity index (χ3v) is 5.56. The number of carbonyl (C=O) groups excluding carboxylic acids is 1. The summed E-state index contributed by atoms with van der Waals surface area (Å²) in [6.45, 7) is 10.1. The van der Waals surface area contributed by atoms with Crippen LogP contribution >= 0.6 is 0 Å². The van der Waals surface area contributed by atoms with Crippen molar-refractivity contribution < 1.29 is 18.8 Å². The molecule has 1 amide bonds. The SMILES string of the molecule is Cc1[nH]nc(N)c1C=C(CNC(=O)OCc1ccccc1)B1OC(C)(C)C(C)(C)O1. The first-order valence-corrected chi connectivity index (χ1v) is 9.90. The van der Waals surface area contributed by atoms with Gasteiger partial charge in [-0.15, -0.1) is 0 Å². The van der Waals surface area contributed by atoms with E-state index < -0.39 is 24.4 Å². The number of nitrogens with one attached hydrogen (secondary N) is 2. The Balaban J connectivity index is 1.73. The summed E-state index contributed by atoms with van der Waals surface area (Å²) >= 11 is 0. The Labute approximate surface area is 177 Å². The van der Waals surface area contributed by atoms with Crippen LogP contribution in [0.15, 0.2) is 35.8 Å². The number of carbonyl (C=O) groups is 1. The fourth-order valence-electron chi connectivity index (χ4n) is 2.97. The van der Waals surface area contributed by atoms with Gasteiger partial charge in [-0.2, -0.15) is 5.10 Å². The lowest BCUT2D eigenvalue weighted by Crippen LogP contribution is -2.41. The maximum absolute atomic E-state index is 12.2. The molecular weight excluding hydrogens is 383 g/mol. The molecule has 0 unspecified atom stereocenters. The number of hydrogen-bond acceptors (Lipinski definition) is 6. The number of H-pyrrole nitrogens is 1. The van der Waals surface area contributed by atoms with Gasteiger partial charge >= 0.3 is 13.2 Å². The molecule has 0 spiro atoms. The van der Waals surface area contributed by atoms with Gasteiger partial charge in [0, 0.05) is 17.8 Å². The molecular formula is C21H29BN4O4. The number of aromatic amines is 1. The fraction of sp³-hybridized carbons (Fsp3) is 0.429. The van der Waals surface area contributed by atoms with Crippen LogP contribution in [0.25, 0.3) is 6.08 Å². The molecule has 2 aromatic rings. The van der Waals surface area contributed by atoms with Crippen molar-refractivity contribution in [2.24, 2.45) is 0 Å². The molecule has 0 aliphatic carbocycles. The minimum Gasteiger partial charge on any atom is -0.445 e. The third-order valence-electron chi connectivity index (χ3n) is 5.56. The molecule has 1 aromatic heterocycles. The van der Waals surface area contributed by atoms with E-state index >= 15 is 0 Å². The van der Waals surface area contributed by atoms with E-state index in [2.05, 4.69) is 15.5 Å². The highest BCUT2D eigenvalue weighted by molar-refractivity contribution is 6.56. The average Bonchev–Trinajstić information content (AvgIpc) is 3.12. The number of nitrogen functional groups attached to an aromatic ring is 1. The van der Waals surface area contributed by atoms with Crippen molar-refractivity contribution in [3.63, 3.8) is 0 Å². The van der Waals surface area contributed by atoms with Crippen molar-refractivity contribution in [2.45, 2.75) is 52.4 Å². The van der Waals surface area contributed by atoms with Gasteiger partial charge in [0.15, 0.2) is 5.82 Å². The number of benzene rings is 1. The molecule has 1 aliphatic heterocycles. The number of aryl methyl sites for hydroxylation is 1. The van der Waals surface area contributed by atoms with Crippen LogP contribution in [0.5, 0.6) is 0 Å². The number of ether oxygens (including phenoxy) is 1. The van der Waals surface area contributed by atoms with Gasteiger partial charge in [-0.3, -0.25) is 5.10 Å². The Morgan fingerprint density at radius 3 is 2.43 bits per heavy atom. The average molecular weight is 412 g/mol. The number of anilines is 1. The summed E-state index contributed by atoms with van der Waals surface area (Å²) in [6.07, 6.45) is 1.31. The van der Waals surface area contributed by atoms with Crippen molar-refractivity contribution in [1.82, 2.24) is 15.5 Å². The topological polar surface area (TPSA) is 111 Å².